The normalized spacial score (nSPS) is 11.1. The number of carbonyl (C=O) groups is 1. The molecule has 0 unspecified atom stereocenters. The minimum Gasteiger partial charge on any atom is -0.463 e. The van der Waals surface area contributed by atoms with Gasteiger partial charge in [0.25, 0.3) is 0 Å². The van der Waals surface area contributed by atoms with Crippen molar-refractivity contribution in [1.29, 1.82) is 0 Å². The van der Waals surface area contributed by atoms with E-state index in [1.165, 1.54) is 11.6 Å². The summed E-state index contributed by atoms with van der Waals surface area (Å²) in [6.45, 7) is 6.28. The largest absolute Gasteiger partial charge is 0.463 e. The maximum atomic E-state index is 11.3. The molecule has 0 aliphatic heterocycles. The molecule has 0 radical (unpaired) electrons. The van der Waals surface area contributed by atoms with Gasteiger partial charge in [0.2, 0.25) is 0 Å². The lowest BCUT2D eigenvalue weighted by Gasteiger charge is -2.04. The quantitative estimate of drug-likeness (QED) is 0.623. The first-order chi connectivity index (χ1) is 9.10. The first-order valence-corrected chi connectivity index (χ1v) is 6.33. The summed E-state index contributed by atoms with van der Waals surface area (Å²) in [6.07, 6.45) is 3.09. The molecule has 0 N–H and O–H groups in total. The number of pyridine rings is 1. The van der Waals surface area contributed by atoms with E-state index in [0.29, 0.717) is 6.61 Å². The van der Waals surface area contributed by atoms with Gasteiger partial charge in [0.1, 0.15) is 0 Å². The van der Waals surface area contributed by atoms with E-state index in [2.05, 4.69) is 18.0 Å². The zero-order chi connectivity index (χ0) is 13.8. The molecule has 0 atom stereocenters. The maximum absolute atomic E-state index is 11.3. The molecule has 0 saturated carbocycles. The Hall–Kier alpha value is -2.16. The fourth-order valence-electron chi connectivity index (χ4n) is 1.96. The van der Waals surface area contributed by atoms with Gasteiger partial charge in [-0.05, 0) is 50.6 Å². The summed E-state index contributed by atoms with van der Waals surface area (Å²) in [5, 5.41) is 1.15. The van der Waals surface area contributed by atoms with E-state index in [-0.39, 0.29) is 5.97 Å². The number of esters is 1. The molecule has 3 heteroatoms. The number of benzene rings is 1. The summed E-state index contributed by atoms with van der Waals surface area (Å²) in [4.78, 5) is 15.8. The van der Waals surface area contributed by atoms with Gasteiger partial charge in [-0.3, -0.25) is 0 Å². The fourth-order valence-corrected chi connectivity index (χ4v) is 1.96. The number of rotatable bonds is 3. The van der Waals surface area contributed by atoms with Gasteiger partial charge in [0.15, 0.2) is 0 Å². The third kappa shape index (κ3) is 3.19. The minimum absolute atomic E-state index is 0.342. The van der Waals surface area contributed by atoms with Crippen molar-refractivity contribution in [2.75, 3.05) is 6.61 Å². The van der Waals surface area contributed by atoms with Crippen molar-refractivity contribution in [3.63, 3.8) is 0 Å². The van der Waals surface area contributed by atoms with Gasteiger partial charge in [-0.2, -0.15) is 0 Å². The Morgan fingerprint density at radius 1 is 1.32 bits per heavy atom. The second-order valence-electron chi connectivity index (χ2n) is 4.47. The Kier molecular flexibility index (Phi) is 3.95. The van der Waals surface area contributed by atoms with Crippen LogP contribution in [0.15, 0.2) is 30.3 Å². The number of ether oxygens (including phenoxy) is 1. The van der Waals surface area contributed by atoms with Crippen molar-refractivity contribution in [3.05, 3.63) is 47.2 Å². The molecule has 0 amide bonds. The van der Waals surface area contributed by atoms with Crippen LogP contribution in [0, 0.1) is 13.8 Å². The van der Waals surface area contributed by atoms with Crippen LogP contribution in [-0.4, -0.2) is 17.6 Å². The summed E-state index contributed by atoms with van der Waals surface area (Å²) in [5.74, 6) is -0.342. The molecule has 1 aromatic carbocycles. The predicted octanol–water partition coefficient (Wildman–Crippen LogP) is 3.43. The Bertz CT molecular complexity index is 644. The maximum Gasteiger partial charge on any atom is 0.330 e. The second-order valence-corrected chi connectivity index (χ2v) is 4.47. The number of nitrogens with zero attached hydrogens (tertiary/aromatic N) is 1. The van der Waals surface area contributed by atoms with Crippen LogP contribution in [0.1, 0.15) is 23.7 Å². The molecule has 19 heavy (non-hydrogen) atoms. The monoisotopic (exact) mass is 255 g/mol. The number of hydrogen-bond donors (Lipinski definition) is 0. The molecular formula is C16H17NO2. The Morgan fingerprint density at radius 3 is 2.84 bits per heavy atom. The highest BCUT2D eigenvalue weighted by atomic mass is 16.5. The Balaban J connectivity index is 2.36. The third-order valence-corrected chi connectivity index (χ3v) is 2.87. The lowest BCUT2D eigenvalue weighted by atomic mass is 10.1. The van der Waals surface area contributed by atoms with Crippen molar-refractivity contribution >= 4 is 22.9 Å². The average Bonchev–Trinajstić information content (AvgIpc) is 2.38. The summed E-state index contributed by atoms with van der Waals surface area (Å²) >= 11 is 0. The number of fused-ring (bicyclic) bond motifs is 1. The third-order valence-electron chi connectivity index (χ3n) is 2.87. The lowest BCUT2D eigenvalue weighted by molar-refractivity contribution is -0.137. The van der Waals surface area contributed by atoms with Crippen LogP contribution in [0.5, 0.6) is 0 Å². The van der Waals surface area contributed by atoms with Crippen LogP contribution in [0.2, 0.25) is 0 Å². The Labute approximate surface area is 112 Å². The first-order valence-electron chi connectivity index (χ1n) is 6.33. The first kappa shape index (κ1) is 13.3. The molecule has 3 nitrogen and oxygen atoms in total. The highest BCUT2D eigenvalue weighted by Gasteiger charge is 2.02. The standard InChI is InChI=1S/C16H17NO2/c1-4-19-16(18)8-6-13-10-12(3)14-9-11(2)5-7-15(14)17-13/h5-10H,4H2,1-3H3/b8-6+. The van der Waals surface area contributed by atoms with E-state index in [9.17, 15) is 4.79 Å². The smallest absolute Gasteiger partial charge is 0.330 e. The highest BCUT2D eigenvalue weighted by Crippen LogP contribution is 2.19. The molecule has 0 aliphatic rings. The van der Waals surface area contributed by atoms with Gasteiger partial charge in [0, 0.05) is 11.5 Å². The molecule has 1 heterocycles. The molecule has 98 valence electrons. The molecule has 2 rings (SSSR count). The zero-order valence-corrected chi connectivity index (χ0v) is 11.4. The van der Waals surface area contributed by atoms with Gasteiger partial charge in [-0.1, -0.05) is 11.6 Å². The molecule has 0 aliphatic carbocycles. The van der Waals surface area contributed by atoms with Crippen LogP contribution < -0.4 is 0 Å². The fraction of sp³-hybridized carbons (Fsp3) is 0.250. The van der Waals surface area contributed by atoms with Crippen LogP contribution >= 0.6 is 0 Å². The lowest BCUT2D eigenvalue weighted by Crippen LogP contribution is -1.99. The van der Waals surface area contributed by atoms with Crippen molar-refractivity contribution in [2.45, 2.75) is 20.8 Å². The average molecular weight is 255 g/mol. The Morgan fingerprint density at radius 2 is 2.11 bits per heavy atom. The van der Waals surface area contributed by atoms with Crippen LogP contribution in [0.25, 0.3) is 17.0 Å². The summed E-state index contributed by atoms with van der Waals surface area (Å²) in [6, 6.07) is 8.13. The van der Waals surface area contributed by atoms with Crippen LogP contribution in [0.3, 0.4) is 0 Å². The van der Waals surface area contributed by atoms with Crippen molar-refractivity contribution in [2.24, 2.45) is 0 Å². The van der Waals surface area contributed by atoms with E-state index in [1.807, 2.05) is 25.1 Å². The summed E-state index contributed by atoms with van der Waals surface area (Å²) in [5.41, 5.74) is 4.07. The van der Waals surface area contributed by atoms with Gasteiger partial charge in [0.05, 0.1) is 17.8 Å². The van der Waals surface area contributed by atoms with Crippen molar-refractivity contribution in [1.82, 2.24) is 4.98 Å². The zero-order valence-electron chi connectivity index (χ0n) is 11.4. The van der Waals surface area contributed by atoms with Crippen LogP contribution in [0.4, 0.5) is 0 Å². The number of aromatic nitrogens is 1. The van der Waals surface area contributed by atoms with E-state index < -0.39 is 0 Å². The molecule has 1 aromatic heterocycles. The SMILES string of the molecule is CCOC(=O)/C=C/c1cc(C)c2cc(C)ccc2n1. The van der Waals surface area contributed by atoms with E-state index in [0.717, 1.165) is 22.2 Å². The van der Waals surface area contributed by atoms with Gasteiger partial charge in [-0.15, -0.1) is 0 Å². The molecule has 0 bridgehead atoms. The van der Waals surface area contributed by atoms with Crippen molar-refractivity contribution in [3.8, 4) is 0 Å². The predicted molar refractivity (Wildman–Crippen MR) is 76.9 cm³/mol. The number of carbonyl (C=O) groups excluding carboxylic acids is 1. The number of hydrogen-bond acceptors (Lipinski definition) is 3. The summed E-state index contributed by atoms with van der Waals surface area (Å²) in [7, 11) is 0. The van der Waals surface area contributed by atoms with Gasteiger partial charge < -0.3 is 4.74 Å². The van der Waals surface area contributed by atoms with E-state index >= 15 is 0 Å². The van der Waals surface area contributed by atoms with Crippen molar-refractivity contribution < 1.29 is 9.53 Å². The molecule has 0 saturated heterocycles. The number of aryl methyl sites for hydroxylation is 2. The minimum atomic E-state index is -0.342. The highest BCUT2D eigenvalue weighted by molar-refractivity contribution is 5.88. The van der Waals surface area contributed by atoms with Crippen LogP contribution in [-0.2, 0) is 9.53 Å². The molecule has 0 spiro atoms. The van der Waals surface area contributed by atoms with E-state index in [4.69, 9.17) is 4.74 Å². The summed E-state index contributed by atoms with van der Waals surface area (Å²) < 4.78 is 4.84. The molecule has 2 aromatic rings. The molecular weight excluding hydrogens is 238 g/mol. The molecule has 0 fully saturated rings. The van der Waals surface area contributed by atoms with E-state index in [1.54, 1.807) is 13.0 Å². The topological polar surface area (TPSA) is 39.2 Å². The van der Waals surface area contributed by atoms with Gasteiger partial charge >= 0.3 is 5.97 Å². The van der Waals surface area contributed by atoms with Gasteiger partial charge in [-0.25, -0.2) is 9.78 Å². The second kappa shape index (κ2) is 5.65.